The molecule has 1 atom stereocenters. The first-order chi connectivity index (χ1) is 8.40. The van der Waals surface area contributed by atoms with Crippen molar-refractivity contribution in [1.82, 2.24) is 4.98 Å². The molecule has 1 aromatic heterocycles. The Bertz CT molecular complexity index is 468. The molecule has 0 saturated heterocycles. The Morgan fingerprint density at radius 2 is 2.39 bits per heavy atom. The van der Waals surface area contributed by atoms with Gasteiger partial charge in [0.25, 0.3) is 5.88 Å². The molecule has 2 N–H and O–H groups in total. The topological polar surface area (TPSA) is 118 Å². The summed E-state index contributed by atoms with van der Waals surface area (Å²) in [7, 11) is 0. The van der Waals surface area contributed by atoms with Crippen LogP contribution < -0.4 is 10.5 Å². The van der Waals surface area contributed by atoms with E-state index in [1.165, 1.54) is 13.1 Å². The van der Waals surface area contributed by atoms with Gasteiger partial charge in [-0.05, 0) is 6.92 Å². The van der Waals surface area contributed by atoms with Gasteiger partial charge in [0, 0.05) is 6.07 Å². The van der Waals surface area contributed by atoms with Gasteiger partial charge in [-0.25, -0.2) is 9.78 Å². The Morgan fingerprint density at radius 1 is 1.72 bits per heavy atom. The normalized spacial score (nSPS) is 11.7. The summed E-state index contributed by atoms with van der Waals surface area (Å²) in [4.78, 5) is 24.2. The Kier molecular flexibility index (Phi) is 4.67. The van der Waals surface area contributed by atoms with E-state index in [9.17, 15) is 14.9 Å². The summed E-state index contributed by atoms with van der Waals surface area (Å²) in [6.45, 7) is 1.41. The highest BCUT2D eigenvalue weighted by Gasteiger charge is 2.19. The molecule has 8 nitrogen and oxygen atoms in total. The summed E-state index contributed by atoms with van der Waals surface area (Å²) < 4.78 is 9.66. The Morgan fingerprint density at radius 3 is 2.94 bits per heavy atom. The van der Waals surface area contributed by atoms with Crippen LogP contribution in [0.5, 0.6) is 5.88 Å². The number of primary amides is 1. The fourth-order valence-electron chi connectivity index (χ4n) is 1.09. The van der Waals surface area contributed by atoms with Crippen LogP contribution in [0.25, 0.3) is 0 Å². The third-order valence-electron chi connectivity index (χ3n) is 1.77. The van der Waals surface area contributed by atoms with E-state index in [0.29, 0.717) is 0 Å². The van der Waals surface area contributed by atoms with E-state index in [1.807, 2.05) is 0 Å². The molecular weight excluding hydrogens is 266 g/mol. The van der Waals surface area contributed by atoms with Gasteiger partial charge in [0.15, 0.2) is 0 Å². The molecule has 1 unspecified atom stereocenters. The number of aromatic nitrogens is 1. The zero-order valence-corrected chi connectivity index (χ0v) is 10.1. The maximum absolute atomic E-state index is 10.7. The first-order valence-electron chi connectivity index (χ1n) is 4.79. The maximum Gasteiger partial charge on any atom is 0.404 e. The van der Waals surface area contributed by atoms with Gasteiger partial charge in [-0.15, -0.1) is 0 Å². The molecule has 0 fully saturated rings. The number of nitrogens with zero attached hydrogens (tertiary/aromatic N) is 2. The largest absolute Gasteiger partial charge is 0.469 e. The van der Waals surface area contributed by atoms with Crippen molar-refractivity contribution in [3.63, 3.8) is 0 Å². The second-order valence-corrected chi connectivity index (χ2v) is 3.73. The molecule has 18 heavy (non-hydrogen) atoms. The predicted molar refractivity (Wildman–Crippen MR) is 61.5 cm³/mol. The summed E-state index contributed by atoms with van der Waals surface area (Å²) in [6, 6.07) is 1.11. The molecule has 1 heterocycles. The molecule has 0 bridgehead atoms. The van der Waals surface area contributed by atoms with Crippen LogP contribution in [-0.2, 0) is 4.74 Å². The lowest BCUT2D eigenvalue weighted by molar-refractivity contribution is -0.386. The molecule has 0 aliphatic heterocycles. The maximum atomic E-state index is 10.7. The van der Waals surface area contributed by atoms with Crippen LogP contribution in [0.15, 0.2) is 12.3 Å². The van der Waals surface area contributed by atoms with E-state index >= 15 is 0 Å². The number of hydrogen-bond acceptors (Lipinski definition) is 6. The minimum absolute atomic E-state index is 0.113. The Balaban J connectivity index is 2.72. The van der Waals surface area contributed by atoms with Gasteiger partial charge in [-0.1, -0.05) is 11.6 Å². The molecule has 0 aromatic carbocycles. The average molecular weight is 276 g/mol. The highest BCUT2D eigenvalue weighted by atomic mass is 35.5. The Hall–Kier alpha value is -2.09. The van der Waals surface area contributed by atoms with Gasteiger partial charge >= 0.3 is 11.8 Å². The van der Waals surface area contributed by atoms with Gasteiger partial charge in [0.2, 0.25) is 0 Å². The number of carbonyl (C=O) groups is 1. The molecule has 1 amide bonds. The monoisotopic (exact) mass is 275 g/mol. The van der Waals surface area contributed by atoms with E-state index in [0.717, 1.165) is 6.07 Å². The predicted octanol–water partition coefficient (Wildman–Crippen LogP) is 1.51. The molecule has 0 spiro atoms. The minimum atomic E-state index is -0.954. The van der Waals surface area contributed by atoms with Crippen LogP contribution in [0.1, 0.15) is 6.92 Å². The van der Waals surface area contributed by atoms with Crippen molar-refractivity contribution >= 4 is 23.4 Å². The summed E-state index contributed by atoms with van der Waals surface area (Å²) in [6.07, 6.45) is -0.395. The van der Waals surface area contributed by atoms with E-state index in [4.69, 9.17) is 22.1 Å². The molecule has 98 valence electrons. The Labute approximate surface area is 107 Å². The molecule has 0 saturated carbocycles. The SMILES string of the molecule is CC(COc1ncc(Cl)cc1[N+](=O)[O-])OC(N)=O. The molecule has 0 aliphatic carbocycles. The van der Waals surface area contributed by atoms with Crippen molar-refractivity contribution in [1.29, 1.82) is 0 Å². The third kappa shape index (κ3) is 4.06. The van der Waals surface area contributed by atoms with E-state index in [1.54, 1.807) is 0 Å². The zero-order chi connectivity index (χ0) is 13.7. The summed E-state index contributed by atoms with van der Waals surface area (Å²) in [5, 5.41) is 10.8. The molecular formula is C9H10ClN3O5. The molecule has 1 rings (SSSR count). The molecule has 0 aliphatic rings. The number of pyridine rings is 1. The van der Waals surface area contributed by atoms with Crippen molar-refractivity contribution in [2.24, 2.45) is 5.73 Å². The quantitative estimate of drug-likeness (QED) is 0.643. The van der Waals surface area contributed by atoms with Gasteiger partial charge in [0.05, 0.1) is 16.1 Å². The first kappa shape index (κ1) is 14.0. The van der Waals surface area contributed by atoms with Gasteiger partial charge < -0.3 is 15.2 Å². The first-order valence-corrected chi connectivity index (χ1v) is 5.16. The number of nitro groups is 1. The number of ether oxygens (including phenoxy) is 2. The highest BCUT2D eigenvalue weighted by Crippen LogP contribution is 2.27. The van der Waals surface area contributed by atoms with E-state index in [-0.39, 0.29) is 23.2 Å². The number of halogens is 1. The molecule has 1 aromatic rings. The number of rotatable bonds is 5. The van der Waals surface area contributed by atoms with Crippen LogP contribution in [0, 0.1) is 10.1 Å². The van der Waals surface area contributed by atoms with Crippen molar-refractivity contribution in [2.45, 2.75) is 13.0 Å². The van der Waals surface area contributed by atoms with Crippen molar-refractivity contribution in [3.8, 4) is 5.88 Å². The smallest absolute Gasteiger partial charge is 0.404 e. The fourth-order valence-corrected chi connectivity index (χ4v) is 1.24. The van der Waals surface area contributed by atoms with Crippen molar-refractivity contribution in [2.75, 3.05) is 6.61 Å². The average Bonchev–Trinajstić information content (AvgIpc) is 2.26. The lowest BCUT2D eigenvalue weighted by Crippen LogP contribution is -2.25. The highest BCUT2D eigenvalue weighted by molar-refractivity contribution is 6.30. The van der Waals surface area contributed by atoms with Crippen LogP contribution in [0.3, 0.4) is 0 Å². The van der Waals surface area contributed by atoms with Crippen molar-refractivity contribution in [3.05, 3.63) is 27.4 Å². The zero-order valence-electron chi connectivity index (χ0n) is 9.33. The van der Waals surface area contributed by atoms with Crippen LogP contribution in [0.2, 0.25) is 5.02 Å². The van der Waals surface area contributed by atoms with E-state index < -0.39 is 17.1 Å². The second-order valence-electron chi connectivity index (χ2n) is 3.29. The fraction of sp³-hybridized carbons (Fsp3) is 0.333. The van der Waals surface area contributed by atoms with E-state index in [2.05, 4.69) is 9.72 Å². The van der Waals surface area contributed by atoms with Gasteiger partial charge in [-0.2, -0.15) is 0 Å². The summed E-state index contributed by atoms with van der Waals surface area (Å²) >= 11 is 5.58. The third-order valence-corrected chi connectivity index (χ3v) is 1.97. The molecule has 0 radical (unpaired) electrons. The number of hydrogen-bond donors (Lipinski definition) is 1. The van der Waals surface area contributed by atoms with Gasteiger partial charge in [-0.3, -0.25) is 10.1 Å². The van der Waals surface area contributed by atoms with Crippen LogP contribution in [0.4, 0.5) is 10.5 Å². The standard InChI is InChI=1S/C9H10ClN3O5/c1-5(18-9(11)14)4-17-8-7(13(15)16)2-6(10)3-12-8/h2-3,5H,4H2,1H3,(H2,11,14). The lowest BCUT2D eigenvalue weighted by Gasteiger charge is -2.12. The summed E-state index contributed by atoms with van der Waals surface area (Å²) in [5.74, 6) is -0.204. The summed E-state index contributed by atoms with van der Waals surface area (Å²) in [5.41, 5.74) is 4.44. The number of carbonyl (C=O) groups excluding carboxylic acids is 1. The van der Waals surface area contributed by atoms with Crippen LogP contribution >= 0.6 is 11.6 Å². The number of amides is 1. The lowest BCUT2D eigenvalue weighted by atomic mass is 10.4. The minimum Gasteiger partial charge on any atom is -0.469 e. The van der Waals surface area contributed by atoms with Crippen molar-refractivity contribution < 1.29 is 19.2 Å². The molecule has 9 heteroatoms. The number of nitrogens with two attached hydrogens (primary N) is 1. The second kappa shape index (κ2) is 6.01. The van der Waals surface area contributed by atoms with Gasteiger partial charge in [0.1, 0.15) is 12.7 Å². The van der Waals surface area contributed by atoms with Crippen LogP contribution in [-0.4, -0.2) is 28.7 Å².